The van der Waals surface area contributed by atoms with Crippen molar-refractivity contribution in [3.8, 4) is 0 Å². The second-order valence-corrected chi connectivity index (χ2v) is 4.27. The molecule has 0 aliphatic carbocycles. The van der Waals surface area contributed by atoms with Gasteiger partial charge in [0, 0.05) is 24.3 Å². The Bertz CT molecular complexity index is 366. The highest BCUT2D eigenvalue weighted by Gasteiger charge is 2.08. The maximum absolute atomic E-state index is 11.9. The Morgan fingerprint density at radius 2 is 2.00 bits per heavy atom. The molecule has 1 amide bonds. The number of carbonyl (C=O) groups excluding carboxylic acids is 1. The molecule has 18 heavy (non-hydrogen) atoms. The van der Waals surface area contributed by atoms with Crippen LogP contribution < -0.4 is 10.6 Å². The third-order valence-electron chi connectivity index (χ3n) is 2.54. The van der Waals surface area contributed by atoms with Crippen LogP contribution in [0.3, 0.4) is 0 Å². The standard InChI is InChI=1S/C14H23N3O/c1-4-7-12-9-11(14(18)16-8-5-2)10-13(17-12)15-6-3/h9-10H,4-8H2,1-3H3,(H,15,17)(H,16,18). The van der Waals surface area contributed by atoms with Crippen LogP contribution in [0.5, 0.6) is 0 Å². The van der Waals surface area contributed by atoms with E-state index < -0.39 is 0 Å². The minimum atomic E-state index is -0.0178. The minimum Gasteiger partial charge on any atom is -0.370 e. The Morgan fingerprint density at radius 3 is 2.61 bits per heavy atom. The maximum Gasteiger partial charge on any atom is 0.251 e. The molecule has 0 atom stereocenters. The monoisotopic (exact) mass is 249 g/mol. The van der Waals surface area contributed by atoms with E-state index in [-0.39, 0.29) is 5.91 Å². The lowest BCUT2D eigenvalue weighted by atomic mass is 10.1. The van der Waals surface area contributed by atoms with Crippen molar-refractivity contribution in [2.45, 2.75) is 40.0 Å². The van der Waals surface area contributed by atoms with Gasteiger partial charge in [-0.3, -0.25) is 4.79 Å². The zero-order chi connectivity index (χ0) is 13.4. The number of rotatable bonds is 7. The number of aromatic nitrogens is 1. The van der Waals surface area contributed by atoms with Crippen LogP contribution in [0.15, 0.2) is 12.1 Å². The number of pyridine rings is 1. The van der Waals surface area contributed by atoms with Crippen molar-refractivity contribution in [1.82, 2.24) is 10.3 Å². The van der Waals surface area contributed by atoms with E-state index in [4.69, 9.17) is 0 Å². The zero-order valence-electron chi connectivity index (χ0n) is 11.5. The van der Waals surface area contributed by atoms with E-state index in [2.05, 4.69) is 22.5 Å². The van der Waals surface area contributed by atoms with Gasteiger partial charge in [-0.25, -0.2) is 4.98 Å². The van der Waals surface area contributed by atoms with Gasteiger partial charge in [0.2, 0.25) is 0 Å². The highest BCUT2D eigenvalue weighted by Crippen LogP contribution is 2.12. The molecule has 0 aliphatic heterocycles. The first-order chi connectivity index (χ1) is 8.71. The fraction of sp³-hybridized carbons (Fsp3) is 0.571. The first-order valence-corrected chi connectivity index (χ1v) is 6.74. The highest BCUT2D eigenvalue weighted by molar-refractivity contribution is 5.95. The lowest BCUT2D eigenvalue weighted by molar-refractivity contribution is 0.0953. The number of amides is 1. The summed E-state index contributed by atoms with van der Waals surface area (Å²) in [5, 5.41) is 6.06. The van der Waals surface area contributed by atoms with E-state index in [1.54, 1.807) is 0 Å². The second kappa shape index (κ2) is 7.69. The summed E-state index contributed by atoms with van der Waals surface area (Å²) in [7, 11) is 0. The van der Waals surface area contributed by atoms with Crippen LogP contribution in [0, 0.1) is 0 Å². The molecule has 0 unspecified atom stereocenters. The number of aryl methyl sites for hydroxylation is 1. The van der Waals surface area contributed by atoms with E-state index in [0.717, 1.165) is 37.3 Å². The average molecular weight is 249 g/mol. The molecule has 0 saturated carbocycles. The summed E-state index contributed by atoms with van der Waals surface area (Å²) in [5.41, 5.74) is 1.66. The van der Waals surface area contributed by atoms with Crippen molar-refractivity contribution in [3.63, 3.8) is 0 Å². The van der Waals surface area contributed by atoms with Gasteiger partial charge in [0.25, 0.3) is 5.91 Å². The molecule has 0 radical (unpaired) electrons. The molecule has 1 aromatic heterocycles. The SMILES string of the molecule is CCCNC(=O)c1cc(CCC)nc(NCC)c1. The van der Waals surface area contributed by atoms with Gasteiger partial charge < -0.3 is 10.6 Å². The van der Waals surface area contributed by atoms with Crippen molar-refractivity contribution in [2.24, 2.45) is 0 Å². The van der Waals surface area contributed by atoms with Gasteiger partial charge in [0.1, 0.15) is 5.82 Å². The topological polar surface area (TPSA) is 54.0 Å². The summed E-state index contributed by atoms with van der Waals surface area (Å²) >= 11 is 0. The van der Waals surface area contributed by atoms with Crippen LogP contribution in [-0.4, -0.2) is 24.0 Å². The molecule has 0 saturated heterocycles. The molecule has 4 nitrogen and oxygen atoms in total. The fourth-order valence-corrected chi connectivity index (χ4v) is 1.72. The lowest BCUT2D eigenvalue weighted by Gasteiger charge is -2.09. The smallest absolute Gasteiger partial charge is 0.251 e. The Balaban J connectivity index is 2.90. The number of nitrogens with one attached hydrogen (secondary N) is 2. The van der Waals surface area contributed by atoms with Gasteiger partial charge in [0.15, 0.2) is 0 Å². The summed E-state index contributed by atoms with van der Waals surface area (Å²) in [5.74, 6) is 0.765. The van der Waals surface area contributed by atoms with Crippen LogP contribution in [0.25, 0.3) is 0 Å². The van der Waals surface area contributed by atoms with Gasteiger partial charge in [-0.15, -0.1) is 0 Å². The van der Waals surface area contributed by atoms with Crippen LogP contribution in [0.4, 0.5) is 5.82 Å². The third kappa shape index (κ3) is 4.35. The van der Waals surface area contributed by atoms with Gasteiger partial charge in [0.05, 0.1) is 0 Å². The zero-order valence-corrected chi connectivity index (χ0v) is 11.5. The quantitative estimate of drug-likeness (QED) is 0.781. The Morgan fingerprint density at radius 1 is 1.22 bits per heavy atom. The summed E-state index contributed by atoms with van der Waals surface area (Å²) < 4.78 is 0. The van der Waals surface area contributed by atoms with Crippen molar-refractivity contribution < 1.29 is 4.79 Å². The largest absolute Gasteiger partial charge is 0.370 e. The molecule has 1 aromatic rings. The Kier molecular flexibility index (Phi) is 6.19. The van der Waals surface area contributed by atoms with Gasteiger partial charge in [-0.1, -0.05) is 20.3 Å². The van der Waals surface area contributed by atoms with Crippen molar-refractivity contribution in [3.05, 3.63) is 23.4 Å². The molecule has 0 aromatic carbocycles. The first-order valence-electron chi connectivity index (χ1n) is 6.74. The molecular formula is C14H23N3O. The van der Waals surface area contributed by atoms with Crippen LogP contribution in [0.1, 0.15) is 49.7 Å². The van der Waals surface area contributed by atoms with E-state index in [9.17, 15) is 4.79 Å². The first kappa shape index (κ1) is 14.5. The van der Waals surface area contributed by atoms with Crippen LogP contribution in [0.2, 0.25) is 0 Å². The molecule has 2 N–H and O–H groups in total. The van der Waals surface area contributed by atoms with Crippen LogP contribution in [-0.2, 0) is 6.42 Å². The van der Waals surface area contributed by atoms with E-state index >= 15 is 0 Å². The summed E-state index contributed by atoms with van der Waals surface area (Å²) in [6.07, 6.45) is 2.87. The normalized spacial score (nSPS) is 10.2. The molecule has 1 rings (SSSR count). The lowest BCUT2D eigenvalue weighted by Crippen LogP contribution is -2.24. The number of anilines is 1. The summed E-state index contributed by atoms with van der Waals surface area (Å²) in [4.78, 5) is 16.4. The molecule has 0 spiro atoms. The summed E-state index contributed by atoms with van der Waals surface area (Å²) in [6, 6.07) is 3.70. The number of hydrogen-bond donors (Lipinski definition) is 2. The van der Waals surface area contributed by atoms with E-state index in [0.29, 0.717) is 12.1 Å². The second-order valence-electron chi connectivity index (χ2n) is 4.27. The molecule has 4 heteroatoms. The average Bonchev–Trinajstić information content (AvgIpc) is 2.36. The van der Waals surface area contributed by atoms with Crippen molar-refractivity contribution >= 4 is 11.7 Å². The number of hydrogen-bond acceptors (Lipinski definition) is 3. The Hall–Kier alpha value is -1.58. The van der Waals surface area contributed by atoms with E-state index in [1.807, 2.05) is 26.0 Å². The van der Waals surface area contributed by atoms with Gasteiger partial charge >= 0.3 is 0 Å². The molecule has 0 fully saturated rings. The Labute approximate surface area is 109 Å². The third-order valence-corrected chi connectivity index (χ3v) is 2.54. The minimum absolute atomic E-state index is 0.0178. The van der Waals surface area contributed by atoms with Gasteiger partial charge in [-0.2, -0.15) is 0 Å². The van der Waals surface area contributed by atoms with Crippen LogP contribution >= 0.6 is 0 Å². The highest BCUT2D eigenvalue weighted by atomic mass is 16.1. The molecular weight excluding hydrogens is 226 g/mol. The maximum atomic E-state index is 11.9. The van der Waals surface area contributed by atoms with Crippen molar-refractivity contribution in [1.29, 1.82) is 0 Å². The predicted molar refractivity (Wildman–Crippen MR) is 75.0 cm³/mol. The molecule has 0 bridgehead atoms. The summed E-state index contributed by atoms with van der Waals surface area (Å²) in [6.45, 7) is 7.68. The predicted octanol–water partition coefficient (Wildman–Crippen LogP) is 2.61. The fourth-order valence-electron chi connectivity index (χ4n) is 1.72. The van der Waals surface area contributed by atoms with Crippen molar-refractivity contribution in [2.75, 3.05) is 18.4 Å². The number of nitrogens with zero attached hydrogens (tertiary/aromatic N) is 1. The number of carbonyl (C=O) groups is 1. The molecule has 0 aliphatic rings. The molecule has 1 heterocycles. The van der Waals surface area contributed by atoms with Gasteiger partial charge in [-0.05, 0) is 31.9 Å². The van der Waals surface area contributed by atoms with E-state index in [1.165, 1.54) is 0 Å². The molecule has 100 valence electrons.